The number of nitrogen functional groups attached to an aromatic ring is 1. The number of aliphatic hydroxyl groups excluding tert-OH is 1. The van der Waals surface area contributed by atoms with E-state index in [0.29, 0.717) is 17.3 Å². The fourth-order valence-corrected chi connectivity index (χ4v) is 1.58. The third kappa shape index (κ3) is 3.49. The van der Waals surface area contributed by atoms with Crippen LogP contribution in [0.5, 0.6) is 0 Å². The highest BCUT2D eigenvalue weighted by Gasteiger charge is 2.00. The van der Waals surface area contributed by atoms with Crippen molar-refractivity contribution in [1.82, 2.24) is 9.97 Å². The number of aromatic nitrogens is 2. The molecule has 0 aliphatic carbocycles. The van der Waals surface area contributed by atoms with Crippen molar-refractivity contribution in [3.05, 3.63) is 17.6 Å². The zero-order valence-corrected chi connectivity index (χ0v) is 8.84. The summed E-state index contributed by atoms with van der Waals surface area (Å²) in [6, 6.07) is 1.78. The van der Waals surface area contributed by atoms with Crippen LogP contribution in [-0.2, 0) is 5.75 Å². The van der Waals surface area contributed by atoms with Crippen molar-refractivity contribution >= 4 is 17.6 Å². The summed E-state index contributed by atoms with van der Waals surface area (Å²) in [6.07, 6.45) is 0. The number of nitrogens with two attached hydrogens (primary N) is 1. The minimum Gasteiger partial charge on any atom is -0.396 e. The van der Waals surface area contributed by atoms with Gasteiger partial charge in [-0.15, -0.1) is 0 Å². The molecule has 0 saturated heterocycles. The molecule has 14 heavy (non-hydrogen) atoms. The molecule has 0 aromatic carbocycles. The Morgan fingerprint density at radius 1 is 1.57 bits per heavy atom. The quantitative estimate of drug-likeness (QED) is 0.371. The minimum absolute atomic E-state index is 0.179. The largest absolute Gasteiger partial charge is 0.396 e. The maximum atomic E-state index is 8.61. The molecule has 1 aromatic heterocycles. The molecule has 0 fully saturated rings. The molecule has 0 spiro atoms. The van der Waals surface area contributed by atoms with Gasteiger partial charge in [0.15, 0.2) is 0 Å². The smallest absolute Gasteiger partial charge is 0.143 e. The number of nitrogens with zero attached hydrogens (tertiary/aromatic N) is 2. The van der Waals surface area contributed by atoms with E-state index in [9.17, 15) is 0 Å². The molecule has 5 nitrogen and oxygen atoms in total. The first-order valence-electron chi connectivity index (χ1n) is 4.26. The standard InChI is InChI=1S/C8H14N4OS/c1-6-4-7(12-9)11-8(10-6)5-14-3-2-13/h4,13H,2-3,5,9H2,1H3,(H,10,11,12). The number of thioether (sulfide) groups is 1. The van der Waals surface area contributed by atoms with E-state index in [1.165, 1.54) is 0 Å². The van der Waals surface area contributed by atoms with Gasteiger partial charge in [-0.1, -0.05) is 0 Å². The van der Waals surface area contributed by atoms with Gasteiger partial charge in [0.25, 0.3) is 0 Å². The van der Waals surface area contributed by atoms with E-state index >= 15 is 0 Å². The molecule has 1 aromatic rings. The van der Waals surface area contributed by atoms with Crippen LogP contribution in [0.15, 0.2) is 6.07 Å². The predicted octanol–water partition coefficient (Wildman–Crippen LogP) is 0.296. The van der Waals surface area contributed by atoms with Crippen molar-refractivity contribution in [2.45, 2.75) is 12.7 Å². The molecule has 0 aliphatic rings. The predicted molar refractivity (Wildman–Crippen MR) is 57.8 cm³/mol. The number of hydrogen-bond donors (Lipinski definition) is 3. The van der Waals surface area contributed by atoms with E-state index < -0.39 is 0 Å². The van der Waals surface area contributed by atoms with Crippen LogP contribution in [0.3, 0.4) is 0 Å². The van der Waals surface area contributed by atoms with Crippen LogP contribution in [0, 0.1) is 6.92 Å². The van der Waals surface area contributed by atoms with Crippen LogP contribution in [0.1, 0.15) is 11.5 Å². The SMILES string of the molecule is Cc1cc(NN)nc(CSCCO)n1. The summed E-state index contributed by atoms with van der Waals surface area (Å²) in [7, 11) is 0. The normalized spacial score (nSPS) is 10.2. The van der Waals surface area contributed by atoms with Gasteiger partial charge in [-0.2, -0.15) is 11.8 Å². The second-order valence-electron chi connectivity index (χ2n) is 2.73. The molecule has 1 rings (SSSR count). The van der Waals surface area contributed by atoms with Gasteiger partial charge in [0.2, 0.25) is 0 Å². The average molecular weight is 214 g/mol. The van der Waals surface area contributed by atoms with Crippen molar-refractivity contribution in [3.8, 4) is 0 Å². The van der Waals surface area contributed by atoms with Crippen molar-refractivity contribution in [3.63, 3.8) is 0 Å². The van der Waals surface area contributed by atoms with E-state index in [2.05, 4.69) is 15.4 Å². The highest BCUT2D eigenvalue weighted by atomic mass is 32.2. The van der Waals surface area contributed by atoms with Crippen LogP contribution in [0.25, 0.3) is 0 Å². The minimum atomic E-state index is 0.179. The zero-order chi connectivity index (χ0) is 10.4. The van der Waals surface area contributed by atoms with Crippen LogP contribution in [0.2, 0.25) is 0 Å². The Kier molecular flexibility index (Phi) is 4.64. The van der Waals surface area contributed by atoms with Crippen LogP contribution < -0.4 is 11.3 Å². The second kappa shape index (κ2) is 5.79. The van der Waals surface area contributed by atoms with Crippen LogP contribution in [0.4, 0.5) is 5.82 Å². The summed E-state index contributed by atoms with van der Waals surface area (Å²) >= 11 is 1.59. The highest BCUT2D eigenvalue weighted by molar-refractivity contribution is 7.98. The molecule has 0 saturated carbocycles. The highest BCUT2D eigenvalue weighted by Crippen LogP contribution is 2.11. The van der Waals surface area contributed by atoms with E-state index in [0.717, 1.165) is 11.5 Å². The summed E-state index contributed by atoms with van der Waals surface area (Å²) in [5, 5.41) is 8.61. The molecule has 0 bridgehead atoms. The van der Waals surface area contributed by atoms with Crippen molar-refractivity contribution in [1.29, 1.82) is 0 Å². The maximum absolute atomic E-state index is 8.61. The summed E-state index contributed by atoms with van der Waals surface area (Å²) in [5.41, 5.74) is 3.37. The zero-order valence-electron chi connectivity index (χ0n) is 8.03. The Hall–Kier alpha value is -0.850. The lowest BCUT2D eigenvalue weighted by Gasteiger charge is -2.04. The summed E-state index contributed by atoms with van der Waals surface area (Å²) in [4.78, 5) is 8.42. The Balaban J connectivity index is 2.62. The van der Waals surface area contributed by atoms with Gasteiger partial charge in [0, 0.05) is 17.5 Å². The molecule has 0 atom stereocenters. The van der Waals surface area contributed by atoms with Crippen LogP contribution in [-0.4, -0.2) is 27.4 Å². The third-order valence-corrected chi connectivity index (χ3v) is 2.45. The van der Waals surface area contributed by atoms with Gasteiger partial charge in [-0.3, -0.25) is 0 Å². The fraction of sp³-hybridized carbons (Fsp3) is 0.500. The molecular formula is C8H14N4OS. The lowest BCUT2D eigenvalue weighted by molar-refractivity contribution is 0.322. The number of anilines is 1. The number of nitrogens with one attached hydrogen (secondary N) is 1. The lowest BCUT2D eigenvalue weighted by atomic mass is 10.4. The van der Waals surface area contributed by atoms with E-state index in [1.807, 2.05) is 6.92 Å². The Bertz CT molecular complexity index is 295. The molecule has 0 amide bonds. The maximum Gasteiger partial charge on any atom is 0.143 e. The van der Waals surface area contributed by atoms with Crippen LogP contribution >= 0.6 is 11.8 Å². The van der Waals surface area contributed by atoms with E-state index in [1.54, 1.807) is 17.8 Å². The van der Waals surface area contributed by atoms with E-state index in [-0.39, 0.29) is 6.61 Å². The average Bonchev–Trinajstić information content (AvgIpc) is 2.17. The summed E-state index contributed by atoms with van der Waals surface area (Å²) in [6.45, 7) is 2.07. The van der Waals surface area contributed by atoms with Gasteiger partial charge >= 0.3 is 0 Å². The number of hydrazine groups is 1. The molecule has 0 unspecified atom stereocenters. The first-order valence-corrected chi connectivity index (χ1v) is 5.41. The molecule has 0 radical (unpaired) electrons. The number of aliphatic hydroxyl groups is 1. The molecule has 4 N–H and O–H groups in total. The van der Waals surface area contributed by atoms with Gasteiger partial charge < -0.3 is 10.5 Å². The molecule has 6 heteroatoms. The second-order valence-corrected chi connectivity index (χ2v) is 3.84. The topological polar surface area (TPSA) is 84.1 Å². The lowest BCUT2D eigenvalue weighted by Crippen LogP contribution is -2.10. The monoisotopic (exact) mass is 214 g/mol. The summed E-state index contributed by atoms with van der Waals surface area (Å²) < 4.78 is 0. The van der Waals surface area contributed by atoms with Crippen molar-refractivity contribution < 1.29 is 5.11 Å². The molecule has 78 valence electrons. The molecule has 0 aliphatic heterocycles. The van der Waals surface area contributed by atoms with Gasteiger partial charge in [-0.25, -0.2) is 15.8 Å². The van der Waals surface area contributed by atoms with Gasteiger partial charge in [0.05, 0.1) is 12.4 Å². The Morgan fingerprint density at radius 3 is 3.00 bits per heavy atom. The Morgan fingerprint density at radius 2 is 2.36 bits per heavy atom. The van der Waals surface area contributed by atoms with Crippen molar-refractivity contribution in [2.75, 3.05) is 17.8 Å². The fourth-order valence-electron chi connectivity index (χ4n) is 0.997. The summed E-state index contributed by atoms with van der Waals surface area (Å²) in [5.74, 6) is 8.00. The third-order valence-electron chi connectivity index (χ3n) is 1.52. The number of rotatable bonds is 5. The molecule has 1 heterocycles. The first-order chi connectivity index (χ1) is 6.76. The number of aryl methyl sites for hydroxylation is 1. The first kappa shape index (κ1) is 11.2. The van der Waals surface area contributed by atoms with Crippen molar-refractivity contribution in [2.24, 2.45) is 5.84 Å². The van der Waals surface area contributed by atoms with Gasteiger partial charge in [-0.05, 0) is 6.92 Å². The number of hydrogen-bond acceptors (Lipinski definition) is 6. The van der Waals surface area contributed by atoms with E-state index in [4.69, 9.17) is 10.9 Å². The van der Waals surface area contributed by atoms with Gasteiger partial charge in [0.1, 0.15) is 11.6 Å². The molecular weight excluding hydrogens is 200 g/mol. The Labute approximate surface area is 87.1 Å².